The third-order valence-electron chi connectivity index (χ3n) is 4.58. The number of benzene rings is 2. The molecule has 0 radical (unpaired) electrons. The van der Waals surface area contributed by atoms with Crippen LogP contribution in [0.4, 0.5) is 0 Å². The lowest BCUT2D eigenvalue weighted by Gasteiger charge is -2.27. The van der Waals surface area contributed by atoms with Gasteiger partial charge in [-0.1, -0.05) is 0 Å². The van der Waals surface area contributed by atoms with E-state index in [1.54, 1.807) is 13.2 Å². The van der Waals surface area contributed by atoms with Crippen LogP contribution in [0, 0.1) is 11.3 Å². The predicted octanol–water partition coefficient (Wildman–Crippen LogP) is 3.80. The van der Waals surface area contributed by atoms with Crippen molar-refractivity contribution in [2.45, 2.75) is 12.8 Å². The van der Waals surface area contributed by atoms with Crippen molar-refractivity contribution in [3.63, 3.8) is 0 Å². The molecule has 2 heterocycles. The van der Waals surface area contributed by atoms with Crippen LogP contribution < -0.4 is 29.4 Å². The lowest BCUT2D eigenvalue weighted by atomic mass is 9.83. The first-order chi connectivity index (χ1) is 13.6. The predicted molar refractivity (Wildman–Crippen MR) is 104 cm³/mol. The molecular weight excluding hydrogens is 428 g/mol. The number of halogens is 1. The van der Waals surface area contributed by atoms with Gasteiger partial charge in [-0.3, -0.25) is 0 Å². The van der Waals surface area contributed by atoms with Gasteiger partial charge in [-0.25, -0.2) is 0 Å². The molecule has 8 heteroatoms. The molecule has 0 bridgehead atoms. The summed E-state index contributed by atoms with van der Waals surface area (Å²) in [6.07, 6.45) is 0. The van der Waals surface area contributed by atoms with Crippen molar-refractivity contribution in [3.05, 3.63) is 51.3 Å². The fourth-order valence-corrected chi connectivity index (χ4v) is 3.96. The first-order valence-electron chi connectivity index (χ1n) is 8.58. The quantitative estimate of drug-likeness (QED) is 0.765. The fourth-order valence-electron chi connectivity index (χ4n) is 3.38. The highest BCUT2D eigenvalue weighted by Crippen LogP contribution is 2.49. The Balaban J connectivity index is 1.91. The van der Waals surface area contributed by atoms with Crippen LogP contribution in [0.3, 0.4) is 0 Å². The molecular formula is C20H17BrN2O5. The van der Waals surface area contributed by atoms with Crippen molar-refractivity contribution < 1.29 is 23.7 Å². The lowest BCUT2D eigenvalue weighted by Crippen LogP contribution is -2.21. The molecule has 2 N–H and O–H groups in total. The number of fused-ring (bicyclic) bond motifs is 2. The summed E-state index contributed by atoms with van der Waals surface area (Å²) in [5.74, 6) is 2.46. The Morgan fingerprint density at radius 3 is 2.64 bits per heavy atom. The van der Waals surface area contributed by atoms with Gasteiger partial charge in [0.2, 0.25) is 12.7 Å². The zero-order valence-electron chi connectivity index (χ0n) is 15.2. The van der Waals surface area contributed by atoms with E-state index in [4.69, 9.17) is 29.4 Å². The summed E-state index contributed by atoms with van der Waals surface area (Å²) in [4.78, 5) is 0. The molecule has 0 amide bonds. The molecule has 7 nitrogen and oxygen atoms in total. The summed E-state index contributed by atoms with van der Waals surface area (Å²) in [6, 6.07) is 9.46. The van der Waals surface area contributed by atoms with Gasteiger partial charge in [-0.2, -0.15) is 5.26 Å². The Bertz CT molecular complexity index is 1030. The Labute approximate surface area is 170 Å². The number of ether oxygens (including phenoxy) is 5. The van der Waals surface area contributed by atoms with Gasteiger partial charge in [0, 0.05) is 11.6 Å². The number of hydrogen-bond donors (Lipinski definition) is 1. The first kappa shape index (κ1) is 18.3. The Morgan fingerprint density at radius 2 is 1.96 bits per heavy atom. The summed E-state index contributed by atoms with van der Waals surface area (Å²) >= 11 is 3.54. The highest BCUT2D eigenvalue weighted by Gasteiger charge is 2.34. The highest BCUT2D eigenvalue weighted by atomic mass is 79.9. The number of rotatable bonds is 4. The molecule has 2 aromatic rings. The van der Waals surface area contributed by atoms with Crippen LogP contribution in [0.1, 0.15) is 24.0 Å². The van der Waals surface area contributed by atoms with E-state index in [0.717, 1.165) is 11.1 Å². The molecule has 2 aliphatic rings. The molecule has 0 saturated carbocycles. The van der Waals surface area contributed by atoms with E-state index in [1.807, 2.05) is 25.1 Å². The van der Waals surface area contributed by atoms with E-state index in [9.17, 15) is 5.26 Å². The minimum Gasteiger partial charge on any atom is -0.493 e. The van der Waals surface area contributed by atoms with Crippen LogP contribution in [0.2, 0.25) is 0 Å². The van der Waals surface area contributed by atoms with Gasteiger partial charge >= 0.3 is 0 Å². The van der Waals surface area contributed by atoms with Gasteiger partial charge in [0.05, 0.1) is 24.1 Å². The van der Waals surface area contributed by atoms with Gasteiger partial charge in [0.15, 0.2) is 23.0 Å². The third-order valence-corrected chi connectivity index (χ3v) is 5.17. The van der Waals surface area contributed by atoms with Crippen molar-refractivity contribution in [1.82, 2.24) is 0 Å². The number of allylic oxidation sites excluding steroid dienone is 1. The van der Waals surface area contributed by atoms with E-state index < -0.39 is 5.92 Å². The molecule has 0 spiro atoms. The number of nitriles is 1. The molecule has 2 aliphatic heterocycles. The van der Waals surface area contributed by atoms with Gasteiger partial charge in [0.1, 0.15) is 17.4 Å². The second-order valence-electron chi connectivity index (χ2n) is 6.14. The average molecular weight is 445 g/mol. The van der Waals surface area contributed by atoms with Crippen LogP contribution in [0.25, 0.3) is 0 Å². The summed E-state index contributed by atoms with van der Waals surface area (Å²) in [5.41, 5.74) is 7.93. The molecule has 4 rings (SSSR count). The molecule has 2 aromatic carbocycles. The van der Waals surface area contributed by atoms with Gasteiger partial charge in [0.25, 0.3) is 0 Å². The monoisotopic (exact) mass is 444 g/mol. The van der Waals surface area contributed by atoms with Crippen molar-refractivity contribution in [2.75, 3.05) is 20.5 Å². The molecule has 0 aliphatic carbocycles. The van der Waals surface area contributed by atoms with E-state index in [2.05, 4.69) is 22.0 Å². The zero-order chi connectivity index (χ0) is 19.8. The van der Waals surface area contributed by atoms with Gasteiger partial charge < -0.3 is 29.4 Å². The number of nitrogens with two attached hydrogens (primary N) is 1. The van der Waals surface area contributed by atoms with Gasteiger partial charge in [-0.15, -0.1) is 0 Å². The van der Waals surface area contributed by atoms with Gasteiger partial charge in [-0.05, 0) is 46.6 Å². The highest BCUT2D eigenvalue weighted by molar-refractivity contribution is 9.10. The molecule has 0 saturated heterocycles. The smallest absolute Gasteiger partial charge is 0.231 e. The Hall–Kier alpha value is -3.05. The standard InChI is InChI=1S/C20H17BrN2O5/c1-3-25-19-13(21)4-10(5-17(19)24-2)18-11-6-15-16(27-9-26-15)7-14(11)28-20(23)12(18)8-22/h4-7,18H,3,9,23H2,1-2H3/t18-/m0/s1. The van der Waals surface area contributed by atoms with Crippen molar-refractivity contribution in [2.24, 2.45) is 5.73 Å². The topological polar surface area (TPSA) is 96.0 Å². The third kappa shape index (κ3) is 2.88. The van der Waals surface area contributed by atoms with E-state index in [-0.39, 0.29) is 12.7 Å². The molecule has 144 valence electrons. The summed E-state index contributed by atoms with van der Waals surface area (Å²) < 4.78 is 28.5. The molecule has 0 unspecified atom stereocenters. The number of nitrogens with zero attached hydrogens (tertiary/aromatic N) is 1. The number of methoxy groups -OCH3 is 1. The van der Waals surface area contributed by atoms with Crippen LogP contribution >= 0.6 is 15.9 Å². The largest absolute Gasteiger partial charge is 0.493 e. The van der Waals surface area contributed by atoms with Crippen LogP contribution in [-0.2, 0) is 0 Å². The van der Waals surface area contributed by atoms with Crippen LogP contribution in [0.15, 0.2) is 40.2 Å². The maximum atomic E-state index is 9.76. The minimum atomic E-state index is -0.455. The minimum absolute atomic E-state index is 0.0582. The maximum Gasteiger partial charge on any atom is 0.231 e. The van der Waals surface area contributed by atoms with Crippen LogP contribution in [-0.4, -0.2) is 20.5 Å². The van der Waals surface area contributed by atoms with Crippen molar-refractivity contribution in [1.29, 1.82) is 5.26 Å². The lowest BCUT2D eigenvalue weighted by molar-refractivity contribution is 0.174. The summed E-state index contributed by atoms with van der Waals surface area (Å²) in [6.45, 7) is 2.53. The second-order valence-corrected chi connectivity index (χ2v) is 6.99. The zero-order valence-corrected chi connectivity index (χ0v) is 16.8. The first-order valence-corrected chi connectivity index (χ1v) is 9.38. The average Bonchev–Trinajstić information content (AvgIpc) is 3.14. The van der Waals surface area contributed by atoms with Crippen LogP contribution in [0.5, 0.6) is 28.7 Å². The molecule has 0 aromatic heterocycles. The Morgan fingerprint density at radius 1 is 1.21 bits per heavy atom. The van der Waals surface area contributed by atoms with E-state index in [0.29, 0.717) is 45.4 Å². The van der Waals surface area contributed by atoms with E-state index in [1.165, 1.54) is 0 Å². The molecule has 1 atom stereocenters. The summed E-state index contributed by atoms with van der Waals surface area (Å²) in [7, 11) is 1.57. The maximum absolute atomic E-state index is 9.76. The van der Waals surface area contributed by atoms with Crippen molar-refractivity contribution >= 4 is 15.9 Å². The fraction of sp³-hybridized carbons (Fsp3) is 0.250. The SMILES string of the molecule is CCOc1c(Br)cc([C@@H]2C(C#N)=C(N)Oc3cc4c(cc32)OCO4)cc1OC. The second kappa shape index (κ2) is 7.17. The molecule has 0 fully saturated rings. The Kier molecular flexibility index (Phi) is 4.69. The normalized spacial score (nSPS) is 16.9. The number of hydrogen-bond acceptors (Lipinski definition) is 7. The molecule has 28 heavy (non-hydrogen) atoms. The van der Waals surface area contributed by atoms with Crippen molar-refractivity contribution in [3.8, 4) is 34.8 Å². The van der Waals surface area contributed by atoms with E-state index >= 15 is 0 Å². The summed E-state index contributed by atoms with van der Waals surface area (Å²) in [5, 5.41) is 9.76.